The molecule has 0 atom stereocenters. The van der Waals surface area contributed by atoms with Crippen LogP contribution in [0.4, 0.5) is 13.2 Å². The summed E-state index contributed by atoms with van der Waals surface area (Å²) in [5.74, 6) is -2.92. The molecule has 0 fully saturated rings. The lowest BCUT2D eigenvalue weighted by molar-refractivity contribution is -0.145. The van der Waals surface area contributed by atoms with Crippen molar-refractivity contribution in [2.45, 2.75) is 19.0 Å². The van der Waals surface area contributed by atoms with Crippen molar-refractivity contribution < 1.29 is 27.8 Å². The molecule has 0 aromatic carbocycles. The van der Waals surface area contributed by atoms with Crippen molar-refractivity contribution in [2.24, 2.45) is 0 Å². The normalized spacial score (nSPS) is 18.4. The van der Waals surface area contributed by atoms with Crippen LogP contribution in [0, 0.1) is 0 Å². The van der Waals surface area contributed by atoms with Gasteiger partial charge < -0.3 is 9.84 Å². The van der Waals surface area contributed by atoms with Crippen LogP contribution >= 0.6 is 0 Å². The molecule has 6 heteroatoms. The fourth-order valence-corrected chi connectivity index (χ4v) is 1.08. The first-order valence-corrected chi connectivity index (χ1v) is 3.59. The Morgan fingerprint density at radius 3 is 2.46 bits per heavy atom. The smallest absolute Gasteiger partial charge is 0.449 e. The Labute approximate surface area is 71.8 Å². The molecule has 0 bridgehead atoms. The summed E-state index contributed by atoms with van der Waals surface area (Å²) in [5.41, 5.74) is -0.682. The summed E-state index contributed by atoms with van der Waals surface area (Å²) in [7, 11) is 0. The molecule has 0 saturated carbocycles. The first-order chi connectivity index (χ1) is 5.93. The van der Waals surface area contributed by atoms with Crippen molar-refractivity contribution in [3.05, 3.63) is 11.3 Å². The molecule has 0 spiro atoms. The molecule has 0 aromatic heterocycles. The number of alkyl halides is 3. The highest BCUT2D eigenvalue weighted by Gasteiger charge is 2.41. The van der Waals surface area contributed by atoms with Gasteiger partial charge in [0.1, 0.15) is 0 Å². The largest absolute Gasteiger partial charge is 0.489 e. The zero-order valence-corrected chi connectivity index (χ0v) is 6.52. The van der Waals surface area contributed by atoms with Gasteiger partial charge in [0, 0.05) is 0 Å². The third-order valence-electron chi connectivity index (χ3n) is 1.61. The van der Waals surface area contributed by atoms with E-state index in [0.29, 0.717) is 6.42 Å². The first kappa shape index (κ1) is 9.88. The number of hydrogen-bond donors (Lipinski definition) is 1. The van der Waals surface area contributed by atoms with Crippen LogP contribution in [0.1, 0.15) is 12.8 Å². The second kappa shape index (κ2) is 3.27. The van der Waals surface area contributed by atoms with Crippen molar-refractivity contribution >= 4 is 5.97 Å². The molecular formula is C7H7F3O3. The quantitative estimate of drug-likeness (QED) is 0.694. The third-order valence-corrected chi connectivity index (χ3v) is 1.61. The standard InChI is InChI=1S/C7H7F3O3/c8-7(9,10)5-4(6(11)12)2-1-3-13-5/h1-3H2,(H,11,12). The van der Waals surface area contributed by atoms with E-state index in [4.69, 9.17) is 5.11 Å². The maximum absolute atomic E-state index is 12.1. The van der Waals surface area contributed by atoms with Crippen LogP contribution in [-0.4, -0.2) is 23.9 Å². The van der Waals surface area contributed by atoms with Gasteiger partial charge in [-0.2, -0.15) is 13.2 Å². The van der Waals surface area contributed by atoms with Crippen LogP contribution in [0.25, 0.3) is 0 Å². The summed E-state index contributed by atoms with van der Waals surface area (Å²) in [6.07, 6.45) is -4.49. The fourth-order valence-electron chi connectivity index (χ4n) is 1.08. The zero-order chi connectivity index (χ0) is 10.1. The molecule has 13 heavy (non-hydrogen) atoms. The Morgan fingerprint density at radius 2 is 2.08 bits per heavy atom. The molecule has 0 aromatic rings. The topological polar surface area (TPSA) is 46.5 Å². The molecule has 1 heterocycles. The van der Waals surface area contributed by atoms with E-state index in [1.807, 2.05) is 0 Å². The number of carboxylic acid groups (broad SMARTS) is 1. The molecule has 0 unspecified atom stereocenters. The second-order valence-electron chi connectivity index (χ2n) is 2.56. The Hall–Kier alpha value is -1.20. The highest BCUT2D eigenvalue weighted by atomic mass is 19.4. The molecule has 1 N–H and O–H groups in total. The van der Waals surface area contributed by atoms with E-state index in [9.17, 15) is 18.0 Å². The molecule has 3 nitrogen and oxygen atoms in total. The average molecular weight is 196 g/mol. The van der Waals surface area contributed by atoms with Crippen molar-refractivity contribution in [2.75, 3.05) is 6.61 Å². The van der Waals surface area contributed by atoms with Crippen LogP contribution in [0.15, 0.2) is 11.3 Å². The van der Waals surface area contributed by atoms with Gasteiger partial charge in [-0.1, -0.05) is 0 Å². The van der Waals surface area contributed by atoms with Crippen LogP contribution in [-0.2, 0) is 9.53 Å². The average Bonchev–Trinajstić information content (AvgIpc) is 2.03. The predicted octanol–water partition coefficient (Wildman–Crippen LogP) is 1.70. The molecule has 0 saturated heterocycles. The molecule has 0 aliphatic carbocycles. The van der Waals surface area contributed by atoms with Gasteiger partial charge in [0.05, 0.1) is 12.2 Å². The number of allylic oxidation sites excluding steroid dienone is 1. The Kier molecular flexibility index (Phi) is 2.49. The summed E-state index contributed by atoms with van der Waals surface area (Å²) < 4.78 is 40.6. The number of carboxylic acids is 1. The lowest BCUT2D eigenvalue weighted by atomic mass is 10.1. The number of ether oxygens (including phenoxy) is 1. The van der Waals surface area contributed by atoms with Crippen LogP contribution < -0.4 is 0 Å². The van der Waals surface area contributed by atoms with Gasteiger partial charge in [0.2, 0.25) is 5.76 Å². The summed E-state index contributed by atoms with van der Waals surface area (Å²) in [5, 5.41) is 8.43. The summed E-state index contributed by atoms with van der Waals surface area (Å²) >= 11 is 0. The summed E-state index contributed by atoms with van der Waals surface area (Å²) in [6, 6.07) is 0. The number of hydrogen-bond acceptors (Lipinski definition) is 2. The summed E-state index contributed by atoms with van der Waals surface area (Å²) in [6.45, 7) is -0.0778. The first-order valence-electron chi connectivity index (χ1n) is 3.59. The molecule has 0 amide bonds. The maximum Gasteiger partial charge on any atom is 0.449 e. The van der Waals surface area contributed by atoms with E-state index in [0.717, 1.165) is 0 Å². The highest BCUT2D eigenvalue weighted by molar-refractivity contribution is 5.87. The van der Waals surface area contributed by atoms with E-state index in [2.05, 4.69) is 4.74 Å². The minimum Gasteiger partial charge on any atom is -0.489 e. The predicted molar refractivity (Wildman–Crippen MR) is 35.9 cm³/mol. The van der Waals surface area contributed by atoms with Crippen molar-refractivity contribution in [3.63, 3.8) is 0 Å². The van der Waals surface area contributed by atoms with Gasteiger partial charge in [-0.05, 0) is 12.8 Å². The maximum atomic E-state index is 12.1. The highest BCUT2D eigenvalue weighted by Crippen LogP contribution is 2.33. The molecule has 1 aliphatic rings. The second-order valence-corrected chi connectivity index (χ2v) is 2.56. The monoisotopic (exact) mass is 196 g/mol. The lowest BCUT2D eigenvalue weighted by Gasteiger charge is -2.20. The molecular weight excluding hydrogens is 189 g/mol. The molecule has 74 valence electrons. The lowest BCUT2D eigenvalue weighted by Crippen LogP contribution is -2.24. The van der Waals surface area contributed by atoms with E-state index in [1.165, 1.54) is 0 Å². The number of halogens is 3. The number of carbonyl (C=O) groups is 1. The Balaban J connectivity index is 3.04. The van der Waals surface area contributed by atoms with Crippen molar-refractivity contribution in [3.8, 4) is 0 Å². The van der Waals surface area contributed by atoms with Gasteiger partial charge in [-0.25, -0.2) is 4.79 Å². The fraction of sp³-hybridized carbons (Fsp3) is 0.571. The SMILES string of the molecule is O=C(O)C1=C(C(F)(F)F)OCCC1. The van der Waals surface area contributed by atoms with E-state index in [1.54, 1.807) is 0 Å². The van der Waals surface area contributed by atoms with Crippen molar-refractivity contribution in [1.82, 2.24) is 0 Å². The zero-order valence-electron chi connectivity index (χ0n) is 6.52. The van der Waals surface area contributed by atoms with Crippen LogP contribution in [0.5, 0.6) is 0 Å². The third kappa shape index (κ3) is 2.13. The van der Waals surface area contributed by atoms with E-state index >= 15 is 0 Å². The van der Waals surface area contributed by atoms with Gasteiger partial charge in [-0.15, -0.1) is 0 Å². The minimum absolute atomic E-state index is 0.0778. The minimum atomic E-state index is -4.70. The van der Waals surface area contributed by atoms with E-state index in [-0.39, 0.29) is 13.0 Å². The Morgan fingerprint density at radius 1 is 1.46 bits per heavy atom. The Bertz CT molecular complexity index is 254. The van der Waals surface area contributed by atoms with Gasteiger partial charge in [-0.3, -0.25) is 0 Å². The molecule has 0 radical (unpaired) electrons. The van der Waals surface area contributed by atoms with Crippen molar-refractivity contribution in [1.29, 1.82) is 0 Å². The van der Waals surface area contributed by atoms with Crippen LogP contribution in [0.2, 0.25) is 0 Å². The van der Waals surface area contributed by atoms with Gasteiger partial charge in [0.25, 0.3) is 0 Å². The summed E-state index contributed by atoms with van der Waals surface area (Å²) in [4.78, 5) is 10.4. The van der Waals surface area contributed by atoms with Gasteiger partial charge >= 0.3 is 12.1 Å². The van der Waals surface area contributed by atoms with Gasteiger partial charge in [0.15, 0.2) is 0 Å². The number of rotatable bonds is 1. The molecule has 1 rings (SSSR count). The molecule has 1 aliphatic heterocycles. The van der Waals surface area contributed by atoms with Crippen LogP contribution in [0.3, 0.4) is 0 Å². The number of aliphatic carboxylic acids is 1. The van der Waals surface area contributed by atoms with E-state index < -0.39 is 23.5 Å².